The molecule has 10 nitrogen and oxygen atoms in total. The van der Waals surface area contributed by atoms with Gasteiger partial charge in [-0.3, -0.25) is 19.2 Å². The number of benzene rings is 1. The SMILES string of the molecule is CC(=O)OC[C@@H]1O[C@H](SCCOc2ccccc2C)[C@H](OC(C)=O)[C@H](OC(C)=O)[C@@H]1OC(C)=O. The summed E-state index contributed by atoms with van der Waals surface area (Å²) in [5, 5.41) is 0. The topological polar surface area (TPSA) is 124 Å². The molecule has 1 aromatic rings. The average Bonchev–Trinajstić information content (AvgIpc) is 2.73. The number of carbonyl (C=O) groups is 4. The first-order chi connectivity index (χ1) is 16.1. The lowest BCUT2D eigenvalue weighted by Crippen LogP contribution is -2.61. The Bertz CT molecular complexity index is 873. The van der Waals surface area contributed by atoms with Gasteiger partial charge in [0, 0.05) is 33.4 Å². The van der Waals surface area contributed by atoms with Crippen molar-refractivity contribution in [3.05, 3.63) is 29.8 Å². The van der Waals surface area contributed by atoms with Crippen LogP contribution in [0.5, 0.6) is 5.75 Å². The summed E-state index contributed by atoms with van der Waals surface area (Å²) in [6.45, 7) is 6.80. The zero-order valence-corrected chi connectivity index (χ0v) is 20.6. The molecule has 0 N–H and O–H groups in total. The van der Waals surface area contributed by atoms with Gasteiger partial charge in [-0.25, -0.2) is 0 Å². The normalized spacial score (nSPS) is 24.0. The van der Waals surface area contributed by atoms with Crippen LogP contribution in [0.1, 0.15) is 33.3 Å². The summed E-state index contributed by atoms with van der Waals surface area (Å²) >= 11 is 1.27. The van der Waals surface area contributed by atoms with Crippen LogP contribution in [-0.2, 0) is 42.9 Å². The zero-order chi connectivity index (χ0) is 25.3. The van der Waals surface area contributed by atoms with Crippen molar-refractivity contribution in [2.24, 2.45) is 0 Å². The lowest BCUT2D eigenvalue weighted by Gasteiger charge is -2.44. The molecular formula is C23H30O10S. The highest BCUT2D eigenvalue weighted by Crippen LogP contribution is 2.34. The van der Waals surface area contributed by atoms with E-state index in [1.807, 2.05) is 31.2 Å². The molecule has 1 aliphatic rings. The standard InChI is InChI=1S/C23H30O10S/c1-13-8-6-7-9-18(13)28-10-11-34-23-22(32-17(5)27)21(31-16(4)26)20(30-15(3)25)19(33-23)12-29-14(2)24/h6-9,19-23H,10-12H2,1-5H3/t19-,20+,21+,22+,23+/m0/s1. The molecule has 0 amide bonds. The van der Waals surface area contributed by atoms with Crippen LogP contribution in [0.2, 0.25) is 0 Å². The molecule has 1 saturated heterocycles. The first kappa shape index (κ1) is 27.5. The summed E-state index contributed by atoms with van der Waals surface area (Å²) in [5.41, 5.74) is 0.167. The van der Waals surface area contributed by atoms with Gasteiger partial charge in [0.05, 0.1) is 6.61 Å². The van der Waals surface area contributed by atoms with Gasteiger partial charge >= 0.3 is 23.9 Å². The lowest BCUT2D eigenvalue weighted by molar-refractivity contribution is -0.237. The zero-order valence-electron chi connectivity index (χ0n) is 19.8. The molecule has 0 aromatic heterocycles. The molecule has 188 valence electrons. The number of ether oxygens (including phenoxy) is 6. The van der Waals surface area contributed by atoms with Gasteiger partial charge in [0.25, 0.3) is 0 Å². The maximum Gasteiger partial charge on any atom is 0.303 e. The molecule has 0 radical (unpaired) electrons. The second-order valence-corrected chi connectivity index (χ2v) is 8.76. The van der Waals surface area contributed by atoms with Crippen LogP contribution in [0, 0.1) is 6.92 Å². The molecule has 2 rings (SSSR count). The third-order valence-corrected chi connectivity index (χ3v) is 5.78. The summed E-state index contributed by atoms with van der Waals surface area (Å²) in [7, 11) is 0. The Balaban J connectivity index is 2.22. The van der Waals surface area contributed by atoms with E-state index in [9.17, 15) is 19.2 Å². The van der Waals surface area contributed by atoms with Crippen LogP contribution in [0.15, 0.2) is 24.3 Å². The first-order valence-corrected chi connectivity index (χ1v) is 11.7. The highest BCUT2D eigenvalue weighted by molar-refractivity contribution is 7.99. The van der Waals surface area contributed by atoms with Crippen LogP contribution in [-0.4, -0.2) is 72.7 Å². The third kappa shape index (κ3) is 8.53. The minimum absolute atomic E-state index is 0.255. The molecule has 5 atom stereocenters. The summed E-state index contributed by atoms with van der Waals surface area (Å²) in [6.07, 6.45) is -4.37. The van der Waals surface area contributed by atoms with E-state index in [0.29, 0.717) is 12.4 Å². The summed E-state index contributed by atoms with van der Waals surface area (Å²) in [4.78, 5) is 46.8. The van der Waals surface area contributed by atoms with Crippen molar-refractivity contribution in [1.82, 2.24) is 0 Å². The van der Waals surface area contributed by atoms with Gasteiger partial charge in [0.2, 0.25) is 0 Å². The third-order valence-electron chi connectivity index (χ3n) is 4.66. The molecule has 1 aromatic carbocycles. The minimum atomic E-state index is -1.17. The monoisotopic (exact) mass is 498 g/mol. The van der Waals surface area contributed by atoms with Crippen molar-refractivity contribution >= 4 is 35.6 Å². The fraction of sp³-hybridized carbons (Fsp3) is 0.565. The number of hydrogen-bond donors (Lipinski definition) is 0. The first-order valence-electron chi connectivity index (χ1n) is 10.7. The Kier molecular flexibility index (Phi) is 10.6. The van der Waals surface area contributed by atoms with Crippen molar-refractivity contribution < 1.29 is 47.6 Å². The van der Waals surface area contributed by atoms with E-state index >= 15 is 0 Å². The van der Waals surface area contributed by atoms with E-state index in [2.05, 4.69) is 0 Å². The average molecular weight is 499 g/mol. The quantitative estimate of drug-likeness (QED) is 0.268. The number of para-hydroxylation sites is 1. The van der Waals surface area contributed by atoms with Crippen molar-refractivity contribution in [2.45, 2.75) is 64.5 Å². The minimum Gasteiger partial charge on any atom is -0.492 e. The number of aryl methyl sites for hydroxylation is 1. The van der Waals surface area contributed by atoms with Gasteiger partial charge in [-0.15, -0.1) is 11.8 Å². The van der Waals surface area contributed by atoms with Crippen LogP contribution < -0.4 is 4.74 Å². The molecule has 0 bridgehead atoms. The van der Waals surface area contributed by atoms with E-state index in [1.54, 1.807) is 0 Å². The van der Waals surface area contributed by atoms with Crippen molar-refractivity contribution in [1.29, 1.82) is 0 Å². The number of carbonyl (C=O) groups excluding carboxylic acids is 4. The fourth-order valence-corrected chi connectivity index (χ4v) is 4.39. The Hall–Kier alpha value is -2.79. The molecule has 1 heterocycles. The van der Waals surface area contributed by atoms with Gasteiger partial charge < -0.3 is 28.4 Å². The largest absolute Gasteiger partial charge is 0.492 e. The van der Waals surface area contributed by atoms with E-state index in [-0.39, 0.29) is 6.61 Å². The Labute approximate surface area is 202 Å². The predicted molar refractivity (Wildman–Crippen MR) is 121 cm³/mol. The predicted octanol–water partition coefficient (Wildman–Crippen LogP) is 2.19. The van der Waals surface area contributed by atoms with E-state index in [4.69, 9.17) is 28.4 Å². The number of rotatable bonds is 10. The van der Waals surface area contributed by atoms with Crippen molar-refractivity contribution in [3.8, 4) is 5.75 Å². The number of hydrogen-bond acceptors (Lipinski definition) is 11. The molecule has 1 aliphatic heterocycles. The molecular weight excluding hydrogens is 468 g/mol. The van der Waals surface area contributed by atoms with Crippen LogP contribution in [0.3, 0.4) is 0 Å². The maximum atomic E-state index is 11.8. The van der Waals surface area contributed by atoms with Crippen molar-refractivity contribution in [2.75, 3.05) is 19.0 Å². The van der Waals surface area contributed by atoms with E-state index in [1.165, 1.54) is 39.5 Å². The van der Waals surface area contributed by atoms with Gasteiger partial charge in [0.15, 0.2) is 18.3 Å². The smallest absolute Gasteiger partial charge is 0.303 e. The van der Waals surface area contributed by atoms with E-state index in [0.717, 1.165) is 11.3 Å². The maximum absolute atomic E-state index is 11.8. The summed E-state index contributed by atoms with van der Waals surface area (Å²) in [6, 6.07) is 7.57. The number of esters is 4. The summed E-state index contributed by atoms with van der Waals surface area (Å²) < 4.78 is 33.1. The molecule has 34 heavy (non-hydrogen) atoms. The van der Waals surface area contributed by atoms with E-state index < -0.39 is 53.7 Å². The number of thioether (sulfide) groups is 1. The molecule has 0 spiro atoms. The molecule has 1 fully saturated rings. The highest BCUT2D eigenvalue weighted by Gasteiger charge is 2.52. The van der Waals surface area contributed by atoms with Crippen LogP contribution >= 0.6 is 11.8 Å². The molecule has 0 unspecified atom stereocenters. The molecule has 0 saturated carbocycles. The summed E-state index contributed by atoms with van der Waals surface area (Å²) in [5.74, 6) is -1.36. The second-order valence-electron chi connectivity index (χ2n) is 7.55. The van der Waals surface area contributed by atoms with Gasteiger partial charge in [-0.05, 0) is 18.6 Å². The Morgan fingerprint density at radius 3 is 2.03 bits per heavy atom. The molecule has 11 heteroatoms. The molecule has 0 aliphatic carbocycles. The van der Waals surface area contributed by atoms with Crippen LogP contribution in [0.4, 0.5) is 0 Å². The lowest BCUT2D eigenvalue weighted by atomic mass is 9.99. The highest BCUT2D eigenvalue weighted by atomic mass is 32.2. The van der Waals surface area contributed by atoms with Gasteiger partial charge in [0.1, 0.15) is 23.9 Å². The van der Waals surface area contributed by atoms with Gasteiger partial charge in [-0.2, -0.15) is 0 Å². The van der Waals surface area contributed by atoms with Crippen molar-refractivity contribution in [3.63, 3.8) is 0 Å². The Morgan fingerprint density at radius 1 is 0.853 bits per heavy atom. The fourth-order valence-electron chi connectivity index (χ4n) is 3.36. The van der Waals surface area contributed by atoms with Gasteiger partial charge in [-0.1, -0.05) is 18.2 Å². The Morgan fingerprint density at radius 2 is 1.44 bits per heavy atom. The van der Waals surface area contributed by atoms with Crippen LogP contribution in [0.25, 0.3) is 0 Å². The second kappa shape index (κ2) is 13.2.